The molecule has 0 spiro atoms. The van der Waals surface area contributed by atoms with Crippen LogP contribution in [0.15, 0.2) is 41.4 Å². The first-order valence-electron chi connectivity index (χ1n) is 8.89. The normalized spacial score (nSPS) is 16.2. The van der Waals surface area contributed by atoms with Gasteiger partial charge in [-0.2, -0.15) is 0 Å². The predicted octanol–water partition coefficient (Wildman–Crippen LogP) is 3.30. The Bertz CT molecular complexity index is 883. The molecule has 1 saturated heterocycles. The zero-order valence-corrected chi connectivity index (χ0v) is 15.1. The zero-order valence-electron chi connectivity index (χ0n) is 15.1. The highest BCUT2D eigenvalue weighted by Gasteiger charge is 2.26. The van der Waals surface area contributed by atoms with Crippen molar-refractivity contribution in [1.82, 2.24) is 0 Å². The number of nitrogens with zero attached hydrogens (tertiary/aromatic N) is 2. The molecule has 0 saturated carbocycles. The Balaban J connectivity index is 1.76. The first-order valence-corrected chi connectivity index (χ1v) is 8.89. The molecule has 5 heteroatoms. The van der Waals surface area contributed by atoms with Gasteiger partial charge in [0.2, 0.25) is 0 Å². The van der Waals surface area contributed by atoms with Crippen molar-refractivity contribution in [1.29, 1.82) is 0 Å². The fraction of sp³-hybridized carbons (Fsp3) is 0.333. The van der Waals surface area contributed by atoms with Gasteiger partial charge in [-0.1, -0.05) is 24.3 Å². The summed E-state index contributed by atoms with van der Waals surface area (Å²) < 4.78 is 10.5. The molecular weight excluding hydrogens is 328 g/mol. The Hall–Kier alpha value is -2.66. The summed E-state index contributed by atoms with van der Waals surface area (Å²) in [5.74, 6) is -0.342. The van der Waals surface area contributed by atoms with Gasteiger partial charge >= 0.3 is 5.97 Å². The molecule has 0 bridgehead atoms. The summed E-state index contributed by atoms with van der Waals surface area (Å²) in [6, 6.07) is 12.3. The van der Waals surface area contributed by atoms with Crippen LogP contribution in [0.1, 0.15) is 27.0 Å². The van der Waals surface area contributed by atoms with Gasteiger partial charge in [0, 0.05) is 25.2 Å². The number of morpholine rings is 1. The van der Waals surface area contributed by atoms with E-state index in [4.69, 9.17) is 14.5 Å². The Morgan fingerprint density at radius 3 is 2.69 bits per heavy atom. The van der Waals surface area contributed by atoms with Crippen molar-refractivity contribution in [3.8, 4) is 0 Å². The lowest BCUT2D eigenvalue weighted by Gasteiger charge is -2.29. The number of esters is 1. The largest absolute Gasteiger partial charge is 0.465 e. The Morgan fingerprint density at radius 2 is 1.96 bits per heavy atom. The van der Waals surface area contributed by atoms with Crippen LogP contribution in [0, 0.1) is 6.92 Å². The molecule has 26 heavy (non-hydrogen) atoms. The molecule has 0 atom stereocenters. The molecule has 0 unspecified atom stereocenters. The van der Waals surface area contributed by atoms with E-state index in [1.165, 1.54) is 12.7 Å². The van der Waals surface area contributed by atoms with Crippen LogP contribution in [0.25, 0.3) is 0 Å². The van der Waals surface area contributed by atoms with Gasteiger partial charge in [-0.15, -0.1) is 0 Å². The average molecular weight is 350 g/mol. The Labute approximate surface area is 153 Å². The molecule has 0 amide bonds. The van der Waals surface area contributed by atoms with E-state index in [1.54, 1.807) is 0 Å². The van der Waals surface area contributed by atoms with Crippen LogP contribution in [-0.2, 0) is 15.9 Å². The average Bonchev–Trinajstić information content (AvgIpc) is 3.11. The number of aliphatic imine (C=N–C) groups is 1. The molecule has 1 fully saturated rings. The molecule has 2 aromatic rings. The molecule has 2 aliphatic heterocycles. The first kappa shape index (κ1) is 16.8. The van der Waals surface area contributed by atoms with Crippen molar-refractivity contribution in [2.24, 2.45) is 4.99 Å². The van der Waals surface area contributed by atoms with Gasteiger partial charge in [0.15, 0.2) is 0 Å². The van der Waals surface area contributed by atoms with Gasteiger partial charge < -0.3 is 14.4 Å². The quantitative estimate of drug-likeness (QED) is 0.797. The van der Waals surface area contributed by atoms with E-state index in [0.717, 1.165) is 47.7 Å². The molecule has 2 heterocycles. The van der Waals surface area contributed by atoms with E-state index in [2.05, 4.69) is 30.0 Å². The van der Waals surface area contributed by atoms with E-state index < -0.39 is 0 Å². The second-order valence-electron chi connectivity index (χ2n) is 6.64. The first-order chi connectivity index (χ1) is 12.7. The lowest BCUT2D eigenvalue weighted by Crippen LogP contribution is -2.36. The lowest BCUT2D eigenvalue weighted by atomic mass is 9.98. The number of rotatable bonds is 3. The maximum Gasteiger partial charge on any atom is 0.340 e. The van der Waals surface area contributed by atoms with Gasteiger partial charge in [-0.3, -0.25) is 4.99 Å². The molecular formula is C21H22N2O3. The summed E-state index contributed by atoms with van der Waals surface area (Å²) >= 11 is 0. The molecule has 2 aromatic carbocycles. The van der Waals surface area contributed by atoms with Crippen molar-refractivity contribution in [3.63, 3.8) is 0 Å². The molecule has 5 nitrogen and oxygen atoms in total. The minimum absolute atomic E-state index is 0.342. The number of fused-ring (bicyclic) bond motifs is 1. The summed E-state index contributed by atoms with van der Waals surface area (Å²) in [5.41, 5.74) is 6.71. The number of carbonyl (C=O) groups excluding carboxylic acids is 1. The topological polar surface area (TPSA) is 51.1 Å². The van der Waals surface area contributed by atoms with Crippen LogP contribution in [0.3, 0.4) is 0 Å². The summed E-state index contributed by atoms with van der Waals surface area (Å²) in [5, 5.41) is 0. The maximum absolute atomic E-state index is 12.4. The highest BCUT2D eigenvalue weighted by Crippen LogP contribution is 2.37. The van der Waals surface area contributed by atoms with Crippen LogP contribution in [0.4, 0.5) is 11.4 Å². The van der Waals surface area contributed by atoms with Crippen LogP contribution in [0.2, 0.25) is 0 Å². The summed E-state index contributed by atoms with van der Waals surface area (Å²) in [4.78, 5) is 19.4. The number of aryl methyl sites for hydroxylation is 1. The Kier molecular flexibility index (Phi) is 4.47. The number of methoxy groups -OCH3 is 1. The molecule has 134 valence electrons. The van der Waals surface area contributed by atoms with Crippen molar-refractivity contribution >= 4 is 23.1 Å². The third kappa shape index (κ3) is 2.99. The second-order valence-corrected chi connectivity index (χ2v) is 6.64. The number of hydrogen-bond donors (Lipinski definition) is 0. The fourth-order valence-corrected chi connectivity index (χ4v) is 3.62. The van der Waals surface area contributed by atoms with Crippen LogP contribution < -0.4 is 4.90 Å². The van der Waals surface area contributed by atoms with E-state index in [1.807, 2.05) is 18.2 Å². The predicted molar refractivity (Wildman–Crippen MR) is 102 cm³/mol. The molecule has 0 aromatic heterocycles. The highest BCUT2D eigenvalue weighted by atomic mass is 16.5. The Morgan fingerprint density at radius 1 is 1.19 bits per heavy atom. The SMILES string of the molecule is COC(=O)c1cc(N2CCOCC2)cc2c1N=C(c1ccccc1C)C2. The number of hydrogen-bond acceptors (Lipinski definition) is 5. The van der Waals surface area contributed by atoms with Crippen molar-refractivity contribution in [2.45, 2.75) is 13.3 Å². The summed E-state index contributed by atoms with van der Waals surface area (Å²) in [6.07, 6.45) is 0.725. The highest BCUT2D eigenvalue weighted by molar-refractivity contribution is 6.10. The van der Waals surface area contributed by atoms with Crippen LogP contribution in [-0.4, -0.2) is 45.1 Å². The number of benzene rings is 2. The maximum atomic E-state index is 12.4. The van der Waals surface area contributed by atoms with Gasteiger partial charge in [-0.05, 0) is 35.7 Å². The van der Waals surface area contributed by atoms with Crippen LogP contribution >= 0.6 is 0 Å². The minimum Gasteiger partial charge on any atom is -0.465 e. The van der Waals surface area contributed by atoms with E-state index >= 15 is 0 Å². The van der Waals surface area contributed by atoms with Crippen LogP contribution in [0.5, 0.6) is 0 Å². The van der Waals surface area contributed by atoms with Gasteiger partial charge in [0.1, 0.15) is 0 Å². The fourth-order valence-electron chi connectivity index (χ4n) is 3.62. The summed E-state index contributed by atoms with van der Waals surface area (Å²) in [6.45, 7) is 5.14. The third-order valence-electron chi connectivity index (χ3n) is 5.02. The van der Waals surface area contributed by atoms with E-state index in [-0.39, 0.29) is 5.97 Å². The monoisotopic (exact) mass is 350 g/mol. The van der Waals surface area contributed by atoms with Crippen molar-refractivity contribution in [3.05, 3.63) is 58.7 Å². The lowest BCUT2D eigenvalue weighted by molar-refractivity contribution is 0.0601. The molecule has 4 rings (SSSR count). The molecule has 2 aliphatic rings. The van der Waals surface area contributed by atoms with E-state index in [9.17, 15) is 4.79 Å². The second kappa shape index (κ2) is 6.92. The summed E-state index contributed by atoms with van der Waals surface area (Å²) in [7, 11) is 1.41. The number of ether oxygens (including phenoxy) is 2. The molecule has 0 radical (unpaired) electrons. The number of anilines is 1. The molecule has 0 N–H and O–H groups in total. The molecule has 0 aliphatic carbocycles. The zero-order chi connectivity index (χ0) is 18.1. The third-order valence-corrected chi connectivity index (χ3v) is 5.02. The van der Waals surface area contributed by atoms with E-state index in [0.29, 0.717) is 18.8 Å². The van der Waals surface area contributed by atoms with Crippen molar-refractivity contribution in [2.75, 3.05) is 38.3 Å². The van der Waals surface area contributed by atoms with Gasteiger partial charge in [-0.25, -0.2) is 4.79 Å². The minimum atomic E-state index is -0.342. The van der Waals surface area contributed by atoms with Gasteiger partial charge in [0.25, 0.3) is 0 Å². The van der Waals surface area contributed by atoms with Gasteiger partial charge in [0.05, 0.1) is 37.3 Å². The van der Waals surface area contributed by atoms with Crippen molar-refractivity contribution < 1.29 is 14.3 Å². The standard InChI is InChI=1S/C21H22N2O3/c1-14-5-3-4-6-17(14)19-12-15-11-16(23-7-9-26-10-8-23)13-18(20(15)22-19)21(24)25-2/h3-6,11,13H,7-10,12H2,1-2H3. The number of carbonyl (C=O) groups is 1. The smallest absolute Gasteiger partial charge is 0.340 e.